The van der Waals surface area contributed by atoms with E-state index in [0.717, 1.165) is 19.3 Å². The van der Waals surface area contributed by atoms with E-state index in [1.807, 2.05) is 5.34 Å². The summed E-state index contributed by atoms with van der Waals surface area (Å²) in [6.07, 6.45) is 2.87. The van der Waals surface area contributed by atoms with E-state index in [4.69, 9.17) is 4.89 Å². The molecular weight excluding hydrogens is 199 g/mol. The predicted octanol–water partition coefficient (Wildman–Crippen LogP) is 1.20. The van der Waals surface area contributed by atoms with Crippen LogP contribution < -0.4 is 0 Å². The van der Waals surface area contributed by atoms with Crippen LogP contribution in [0, 0.1) is 4.91 Å². The molecule has 1 saturated heterocycles. The highest BCUT2D eigenvalue weighted by Gasteiger charge is 2.28. The van der Waals surface area contributed by atoms with Gasteiger partial charge in [-0.15, -0.1) is 4.91 Å². The van der Waals surface area contributed by atoms with E-state index in [0.29, 0.717) is 13.1 Å². The van der Waals surface area contributed by atoms with Crippen molar-refractivity contribution in [2.45, 2.75) is 19.3 Å². The first-order valence-electron chi connectivity index (χ1n) is 3.93. The monoisotopic (exact) mass is 210 g/mol. The van der Waals surface area contributed by atoms with Crippen LogP contribution in [0.3, 0.4) is 0 Å². The summed E-state index contributed by atoms with van der Waals surface area (Å²) >= 11 is 0. The van der Waals surface area contributed by atoms with Crippen molar-refractivity contribution in [3.05, 3.63) is 4.91 Å². The molecule has 0 bridgehead atoms. The van der Waals surface area contributed by atoms with Crippen molar-refractivity contribution >= 4 is 7.82 Å². The van der Waals surface area contributed by atoms with E-state index in [1.165, 1.54) is 5.06 Å². The van der Waals surface area contributed by atoms with Crippen LogP contribution in [0.25, 0.3) is 0 Å². The van der Waals surface area contributed by atoms with Gasteiger partial charge in [-0.1, -0.05) is 6.42 Å². The third kappa shape index (κ3) is 3.82. The molecule has 1 atom stereocenters. The lowest BCUT2D eigenvalue weighted by atomic mass is 10.2. The summed E-state index contributed by atoms with van der Waals surface area (Å²) < 4.78 is 19.1. The van der Waals surface area contributed by atoms with Crippen molar-refractivity contribution in [3.8, 4) is 0 Å². The first kappa shape index (κ1) is 10.6. The quantitative estimate of drug-likeness (QED) is 0.426. The molecule has 1 aliphatic heterocycles. The van der Waals surface area contributed by atoms with Crippen molar-refractivity contribution in [1.29, 1.82) is 0 Å². The van der Waals surface area contributed by atoms with E-state index in [1.54, 1.807) is 0 Å². The Morgan fingerprint density at radius 3 is 2.46 bits per heavy atom. The number of hydrogen-bond acceptors (Lipinski definition) is 6. The molecule has 0 saturated carbocycles. The molecule has 0 aliphatic carbocycles. The van der Waals surface area contributed by atoms with Crippen LogP contribution in [-0.2, 0) is 13.8 Å². The summed E-state index contributed by atoms with van der Waals surface area (Å²) in [6.45, 7) is 1.12. The Balaban J connectivity index is 2.36. The molecule has 0 radical (unpaired) electrons. The smallest absolute Gasteiger partial charge is 0.290 e. The van der Waals surface area contributed by atoms with Gasteiger partial charge in [-0.25, -0.2) is 4.57 Å². The van der Waals surface area contributed by atoms with Crippen molar-refractivity contribution < 1.29 is 18.7 Å². The summed E-state index contributed by atoms with van der Waals surface area (Å²) in [5.74, 6) is 0. The molecule has 7 nitrogen and oxygen atoms in total. The molecule has 76 valence electrons. The lowest BCUT2D eigenvalue weighted by Gasteiger charge is -2.25. The molecule has 1 rings (SSSR count). The van der Waals surface area contributed by atoms with E-state index < -0.39 is 7.82 Å². The van der Waals surface area contributed by atoms with Crippen LogP contribution in [0.15, 0.2) is 5.34 Å². The molecule has 0 spiro atoms. The Kier molecular flexibility index (Phi) is 3.80. The van der Waals surface area contributed by atoms with Crippen LogP contribution in [0.1, 0.15) is 19.3 Å². The van der Waals surface area contributed by atoms with Gasteiger partial charge in [0, 0.05) is 13.1 Å². The molecule has 1 aliphatic rings. The largest absolute Gasteiger partial charge is 0.567 e. The first-order valence-corrected chi connectivity index (χ1v) is 5.42. The van der Waals surface area contributed by atoms with Crippen LogP contribution in [0.2, 0.25) is 0 Å². The molecule has 0 aromatic heterocycles. The van der Waals surface area contributed by atoms with Gasteiger partial charge in [-0.2, -0.15) is 9.69 Å². The zero-order valence-electron chi connectivity index (χ0n) is 6.96. The van der Waals surface area contributed by atoms with E-state index in [2.05, 4.69) is 9.25 Å². The standard InChI is InChI=1S/C5H11N2O5P/c8-6-11-13(9,10)12-7-4-2-1-3-5-7/h1-5H2,(H,9,10). The predicted molar refractivity (Wildman–Crippen MR) is 43.2 cm³/mol. The second kappa shape index (κ2) is 4.66. The van der Waals surface area contributed by atoms with Gasteiger partial charge in [0.1, 0.15) is 0 Å². The van der Waals surface area contributed by atoms with Crippen LogP contribution in [0.5, 0.6) is 0 Å². The molecule has 1 unspecified atom stereocenters. The minimum Gasteiger partial charge on any atom is -0.290 e. The fourth-order valence-electron chi connectivity index (χ4n) is 1.15. The highest BCUT2D eigenvalue weighted by molar-refractivity contribution is 7.47. The van der Waals surface area contributed by atoms with Crippen LogP contribution in [-0.4, -0.2) is 23.0 Å². The van der Waals surface area contributed by atoms with Crippen molar-refractivity contribution in [2.24, 2.45) is 5.34 Å². The zero-order chi connectivity index (χ0) is 9.73. The minimum absolute atomic E-state index is 0.562. The first-order chi connectivity index (χ1) is 6.14. The summed E-state index contributed by atoms with van der Waals surface area (Å²) in [7, 11) is -4.31. The van der Waals surface area contributed by atoms with Gasteiger partial charge < -0.3 is 0 Å². The average molecular weight is 210 g/mol. The molecule has 1 heterocycles. The Morgan fingerprint density at radius 1 is 1.31 bits per heavy atom. The molecule has 1 fully saturated rings. The highest BCUT2D eigenvalue weighted by atomic mass is 31.2. The van der Waals surface area contributed by atoms with Crippen molar-refractivity contribution in [2.75, 3.05) is 13.1 Å². The second-order valence-electron chi connectivity index (χ2n) is 2.70. The SMILES string of the molecule is O=NOP(=O)(O)ON1CCCCC1. The number of rotatable bonds is 4. The number of hydrogen-bond donors (Lipinski definition) is 1. The minimum atomic E-state index is -4.31. The molecular formula is C5H11N2O5P. The van der Waals surface area contributed by atoms with Gasteiger partial charge in [0.2, 0.25) is 0 Å². The molecule has 0 aromatic rings. The Morgan fingerprint density at radius 2 is 1.92 bits per heavy atom. The third-order valence-electron chi connectivity index (χ3n) is 1.67. The van der Waals surface area contributed by atoms with Crippen molar-refractivity contribution in [1.82, 2.24) is 5.06 Å². The van der Waals surface area contributed by atoms with E-state index in [-0.39, 0.29) is 0 Å². The van der Waals surface area contributed by atoms with E-state index in [9.17, 15) is 9.47 Å². The average Bonchev–Trinajstić information content (AvgIpc) is 2.04. The number of phosphoric acid groups is 1. The Hall–Kier alpha value is -0.490. The maximum atomic E-state index is 10.9. The Labute approximate surface area is 75.1 Å². The number of nitrogens with zero attached hydrogens (tertiary/aromatic N) is 2. The van der Waals surface area contributed by atoms with Crippen LogP contribution >= 0.6 is 7.82 Å². The fourth-order valence-corrected chi connectivity index (χ4v) is 1.72. The normalized spacial score (nSPS) is 23.5. The van der Waals surface area contributed by atoms with E-state index >= 15 is 0 Å². The van der Waals surface area contributed by atoms with Gasteiger partial charge in [0.15, 0.2) is 5.34 Å². The van der Waals surface area contributed by atoms with Crippen molar-refractivity contribution in [3.63, 3.8) is 0 Å². The molecule has 13 heavy (non-hydrogen) atoms. The highest BCUT2D eigenvalue weighted by Crippen LogP contribution is 2.44. The number of hydroxylamine groups is 2. The lowest BCUT2D eigenvalue weighted by Crippen LogP contribution is -2.28. The van der Waals surface area contributed by atoms with Crippen LogP contribution in [0.4, 0.5) is 0 Å². The summed E-state index contributed by atoms with van der Waals surface area (Å²) in [4.78, 5) is 18.4. The molecule has 0 aromatic carbocycles. The fraction of sp³-hybridized carbons (Fsp3) is 1.00. The second-order valence-corrected chi connectivity index (χ2v) is 3.96. The maximum absolute atomic E-state index is 10.9. The lowest BCUT2D eigenvalue weighted by molar-refractivity contribution is -0.0979. The molecule has 8 heteroatoms. The molecule has 1 N–H and O–H groups in total. The topological polar surface area (TPSA) is 88.4 Å². The zero-order valence-corrected chi connectivity index (χ0v) is 7.85. The summed E-state index contributed by atoms with van der Waals surface area (Å²) in [5, 5.41) is 3.17. The Bertz CT molecular complexity index is 217. The van der Waals surface area contributed by atoms with Gasteiger partial charge in [0.05, 0.1) is 0 Å². The number of piperidine rings is 1. The maximum Gasteiger partial charge on any atom is 0.567 e. The molecule has 0 amide bonds. The van der Waals surface area contributed by atoms with Gasteiger partial charge in [-0.3, -0.25) is 9.52 Å². The summed E-state index contributed by atoms with van der Waals surface area (Å²) in [5.41, 5.74) is 0. The van der Waals surface area contributed by atoms with Gasteiger partial charge >= 0.3 is 7.82 Å². The van der Waals surface area contributed by atoms with Gasteiger partial charge in [0.25, 0.3) is 0 Å². The third-order valence-corrected chi connectivity index (χ3v) is 2.38. The van der Waals surface area contributed by atoms with Gasteiger partial charge in [-0.05, 0) is 12.8 Å². The summed E-state index contributed by atoms with van der Waals surface area (Å²) in [6, 6.07) is 0.